The van der Waals surface area contributed by atoms with Crippen molar-refractivity contribution >= 4 is 27.3 Å². The van der Waals surface area contributed by atoms with Crippen LogP contribution in [-0.2, 0) is 14.8 Å². The Morgan fingerprint density at radius 2 is 1.50 bits per heavy atom. The number of anilines is 1. The van der Waals surface area contributed by atoms with Gasteiger partial charge in [-0.3, -0.25) is 14.9 Å². The first-order valence-corrected chi connectivity index (χ1v) is 12.4. The number of hydrogen-bond donors (Lipinski definition) is 0. The van der Waals surface area contributed by atoms with Gasteiger partial charge in [-0.25, -0.2) is 17.2 Å². The summed E-state index contributed by atoms with van der Waals surface area (Å²) in [5.74, 6) is -2.67. The smallest absolute Gasteiger partial charge is 0.292 e. The van der Waals surface area contributed by atoms with Gasteiger partial charge in [0.2, 0.25) is 15.9 Å². The van der Waals surface area contributed by atoms with Crippen molar-refractivity contribution in [1.29, 1.82) is 0 Å². The number of hydrogen-bond acceptors (Lipinski definition) is 6. The average Bonchev–Trinajstić information content (AvgIpc) is 2.83. The van der Waals surface area contributed by atoms with Crippen LogP contribution in [0.1, 0.15) is 12.8 Å². The molecule has 0 bridgehead atoms. The van der Waals surface area contributed by atoms with Gasteiger partial charge in [0, 0.05) is 51.3 Å². The molecule has 4 rings (SSSR count). The molecule has 0 radical (unpaired) electrons. The van der Waals surface area contributed by atoms with Crippen molar-refractivity contribution in [3.8, 4) is 0 Å². The number of para-hydroxylation sites is 2. The van der Waals surface area contributed by atoms with Gasteiger partial charge in [0.1, 0.15) is 17.3 Å². The van der Waals surface area contributed by atoms with E-state index in [9.17, 15) is 32.1 Å². The summed E-state index contributed by atoms with van der Waals surface area (Å²) in [6, 6.07) is 9.38. The maximum Gasteiger partial charge on any atom is 0.292 e. The third-order valence-electron chi connectivity index (χ3n) is 6.33. The summed E-state index contributed by atoms with van der Waals surface area (Å²) in [7, 11) is -4.36. The molecule has 2 fully saturated rings. The van der Waals surface area contributed by atoms with Crippen molar-refractivity contribution < 1.29 is 26.9 Å². The summed E-state index contributed by atoms with van der Waals surface area (Å²) in [6.45, 7) is 1.11. The average molecular weight is 495 g/mol. The van der Waals surface area contributed by atoms with Crippen molar-refractivity contribution in [2.24, 2.45) is 5.92 Å². The Balaban J connectivity index is 1.35. The lowest BCUT2D eigenvalue weighted by atomic mass is 9.94. The fourth-order valence-corrected chi connectivity index (χ4v) is 6.05. The second-order valence-corrected chi connectivity index (χ2v) is 10.2. The molecule has 2 saturated heterocycles. The zero-order valence-corrected chi connectivity index (χ0v) is 19.1. The highest BCUT2D eigenvalue weighted by molar-refractivity contribution is 7.89. The fourth-order valence-electron chi connectivity index (χ4n) is 4.52. The number of piperazine rings is 1. The van der Waals surface area contributed by atoms with E-state index in [4.69, 9.17) is 0 Å². The van der Waals surface area contributed by atoms with Gasteiger partial charge in [-0.2, -0.15) is 4.31 Å². The number of benzene rings is 2. The number of amides is 1. The van der Waals surface area contributed by atoms with Crippen LogP contribution in [0.25, 0.3) is 0 Å². The summed E-state index contributed by atoms with van der Waals surface area (Å²) < 4.78 is 54.5. The molecular formula is C22H24F2N4O5S. The Morgan fingerprint density at radius 3 is 2.09 bits per heavy atom. The minimum atomic E-state index is -4.36. The van der Waals surface area contributed by atoms with Gasteiger partial charge in [-0.15, -0.1) is 0 Å². The first kappa shape index (κ1) is 24.0. The van der Waals surface area contributed by atoms with Crippen LogP contribution in [-0.4, -0.2) is 67.7 Å². The number of nitrogens with zero attached hydrogens (tertiary/aromatic N) is 4. The number of carbonyl (C=O) groups excluding carboxylic acids is 1. The molecule has 0 unspecified atom stereocenters. The maximum absolute atomic E-state index is 14.0. The second kappa shape index (κ2) is 9.63. The molecule has 2 heterocycles. The number of rotatable bonds is 5. The van der Waals surface area contributed by atoms with E-state index in [0.29, 0.717) is 31.6 Å². The maximum atomic E-state index is 14.0. The Kier molecular flexibility index (Phi) is 6.80. The molecule has 0 N–H and O–H groups in total. The third kappa shape index (κ3) is 4.60. The molecule has 0 spiro atoms. The van der Waals surface area contributed by atoms with E-state index in [1.54, 1.807) is 23.1 Å². The molecule has 2 aliphatic rings. The van der Waals surface area contributed by atoms with Crippen molar-refractivity contribution in [1.82, 2.24) is 9.21 Å². The molecule has 182 valence electrons. The Bertz CT molecular complexity index is 1170. The Hall–Kier alpha value is -3.12. The van der Waals surface area contributed by atoms with Crippen LogP contribution >= 0.6 is 0 Å². The largest absolute Gasteiger partial charge is 0.366 e. The normalized spacial score (nSPS) is 18.2. The summed E-state index contributed by atoms with van der Waals surface area (Å²) in [6.07, 6.45) is 1.04. The number of nitro groups is 1. The van der Waals surface area contributed by atoms with E-state index in [2.05, 4.69) is 0 Å². The highest BCUT2D eigenvalue weighted by Gasteiger charge is 2.36. The van der Waals surface area contributed by atoms with Crippen LogP contribution in [0.3, 0.4) is 0 Å². The van der Waals surface area contributed by atoms with Crippen molar-refractivity contribution in [2.45, 2.75) is 17.7 Å². The van der Waals surface area contributed by atoms with Gasteiger partial charge >= 0.3 is 0 Å². The SMILES string of the molecule is O=C(C1CCN(c2ccccc2[N+](=O)[O-])CC1)N1CCN(S(=O)(=O)c2c(F)cccc2F)CC1. The van der Waals surface area contributed by atoms with E-state index in [1.165, 1.54) is 6.07 Å². The van der Waals surface area contributed by atoms with Crippen molar-refractivity contribution in [3.05, 3.63) is 64.2 Å². The highest BCUT2D eigenvalue weighted by atomic mass is 32.2. The van der Waals surface area contributed by atoms with E-state index in [-0.39, 0.29) is 43.7 Å². The van der Waals surface area contributed by atoms with Crippen LogP contribution in [0.5, 0.6) is 0 Å². The summed E-state index contributed by atoms with van der Waals surface area (Å²) in [4.78, 5) is 26.4. The van der Waals surface area contributed by atoms with Crippen molar-refractivity contribution in [2.75, 3.05) is 44.2 Å². The molecule has 2 aromatic carbocycles. The molecule has 12 heteroatoms. The van der Waals surface area contributed by atoms with Gasteiger partial charge in [0.05, 0.1) is 4.92 Å². The predicted molar refractivity (Wildman–Crippen MR) is 120 cm³/mol. The molecule has 0 aliphatic carbocycles. The van der Waals surface area contributed by atoms with Crippen LogP contribution in [0.15, 0.2) is 47.4 Å². The van der Waals surface area contributed by atoms with Gasteiger partial charge in [-0.1, -0.05) is 18.2 Å². The second-order valence-electron chi connectivity index (χ2n) is 8.29. The lowest BCUT2D eigenvalue weighted by Crippen LogP contribution is -2.53. The molecule has 34 heavy (non-hydrogen) atoms. The van der Waals surface area contributed by atoms with Crippen molar-refractivity contribution in [3.63, 3.8) is 0 Å². The molecular weight excluding hydrogens is 470 g/mol. The minimum Gasteiger partial charge on any atom is -0.366 e. The number of sulfonamides is 1. The number of carbonyl (C=O) groups is 1. The number of halogens is 2. The highest BCUT2D eigenvalue weighted by Crippen LogP contribution is 2.32. The predicted octanol–water partition coefficient (Wildman–Crippen LogP) is 2.62. The third-order valence-corrected chi connectivity index (χ3v) is 8.28. The quantitative estimate of drug-likeness (QED) is 0.468. The van der Waals surface area contributed by atoms with Gasteiger partial charge in [-0.05, 0) is 31.0 Å². The number of piperidine rings is 1. The molecule has 1 amide bonds. The van der Waals surface area contributed by atoms with E-state index in [1.807, 2.05) is 4.90 Å². The van der Waals surface area contributed by atoms with Crippen LogP contribution in [0, 0.1) is 27.7 Å². The van der Waals surface area contributed by atoms with E-state index in [0.717, 1.165) is 22.5 Å². The van der Waals surface area contributed by atoms with E-state index < -0.39 is 31.5 Å². The summed E-state index contributed by atoms with van der Waals surface area (Å²) in [5, 5.41) is 11.3. The lowest BCUT2D eigenvalue weighted by Gasteiger charge is -2.38. The zero-order chi connectivity index (χ0) is 24.5. The van der Waals surface area contributed by atoms with Gasteiger partial charge < -0.3 is 9.80 Å². The first-order valence-electron chi connectivity index (χ1n) is 10.9. The van der Waals surface area contributed by atoms with Crippen LogP contribution < -0.4 is 4.90 Å². The van der Waals surface area contributed by atoms with Gasteiger partial charge in [0.25, 0.3) is 5.69 Å². The standard InChI is InChI=1S/C22H24F2N4O5S/c23-17-4-3-5-18(24)21(17)34(32,33)27-14-12-26(13-15-27)22(29)16-8-10-25(11-9-16)19-6-1-2-7-20(19)28(30)31/h1-7,16H,8-15H2. The number of nitro benzene ring substituents is 1. The summed E-state index contributed by atoms with van der Waals surface area (Å²) >= 11 is 0. The molecule has 9 nitrogen and oxygen atoms in total. The molecule has 0 atom stereocenters. The molecule has 2 aromatic rings. The van der Waals surface area contributed by atoms with E-state index >= 15 is 0 Å². The van der Waals surface area contributed by atoms with Gasteiger partial charge in [0.15, 0.2) is 4.90 Å². The van der Waals surface area contributed by atoms with Crippen LogP contribution in [0.4, 0.5) is 20.2 Å². The molecule has 0 saturated carbocycles. The Labute approximate surface area is 195 Å². The topological polar surface area (TPSA) is 104 Å². The lowest BCUT2D eigenvalue weighted by molar-refractivity contribution is -0.384. The fraction of sp³-hybridized carbons (Fsp3) is 0.409. The van der Waals surface area contributed by atoms with Crippen LogP contribution in [0.2, 0.25) is 0 Å². The molecule has 2 aliphatic heterocycles. The summed E-state index contributed by atoms with van der Waals surface area (Å²) in [5.41, 5.74) is 0.550. The zero-order valence-electron chi connectivity index (χ0n) is 18.3. The monoisotopic (exact) mass is 494 g/mol. The molecule has 0 aromatic heterocycles. The Morgan fingerprint density at radius 1 is 0.912 bits per heavy atom. The first-order chi connectivity index (χ1) is 16.2. The minimum absolute atomic E-state index is 0.0240.